The maximum atomic E-state index is 13.5. The second-order valence-electron chi connectivity index (χ2n) is 10.6. The van der Waals surface area contributed by atoms with Crippen molar-refractivity contribution in [3.05, 3.63) is 75.2 Å². The summed E-state index contributed by atoms with van der Waals surface area (Å²) in [6, 6.07) is 13.3. The number of ether oxygens (including phenoxy) is 1. The van der Waals surface area contributed by atoms with Gasteiger partial charge in [-0.3, -0.25) is 19.8 Å². The zero-order chi connectivity index (χ0) is 27.7. The van der Waals surface area contributed by atoms with E-state index < -0.39 is 11.5 Å². The van der Waals surface area contributed by atoms with Crippen LogP contribution >= 0.6 is 0 Å². The van der Waals surface area contributed by atoms with Gasteiger partial charge >= 0.3 is 5.97 Å². The second kappa shape index (κ2) is 10.6. The average molecular weight is 530 g/mol. The summed E-state index contributed by atoms with van der Waals surface area (Å²) in [6.45, 7) is 1.99. The number of aromatic nitrogens is 2. The van der Waals surface area contributed by atoms with Crippen LogP contribution in [0.5, 0.6) is 0 Å². The number of hydrogen-bond acceptors (Lipinski definition) is 6. The molecule has 39 heavy (non-hydrogen) atoms. The molecule has 2 aliphatic carbocycles. The van der Waals surface area contributed by atoms with Crippen molar-refractivity contribution in [2.75, 3.05) is 6.61 Å². The minimum atomic E-state index is -0.488. The Hall–Kier alpha value is -4.01. The van der Waals surface area contributed by atoms with Gasteiger partial charge in [-0.15, -0.1) is 0 Å². The average Bonchev–Trinajstić information content (AvgIpc) is 3.52. The molecule has 2 aromatic carbocycles. The van der Waals surface area contributed by atoms with Crippen LogP contribution in [0.15, 0.2) is 47.3 Å². The molecule has 2 saturated carbocycles. The van der Waals surface area contributed by atoms with Crippen molar-refractivity contribution in [1.82, 2.24) is 14.5 Å². The Morgan fingerprint density at radius 2 is 1.85 bits per heavy atom. The normalized spacial score (nSPS) is 16.3. The van der Waals surface area contributed by atoms with Crippen molar-refractivity contribution in [1.29, 1.82) is 5.41 Å². The third-order valence-electron chi connectivity index (χ3n) is 8.06. The quantitative estimate of drug-likeness (QED) is 0.189. The highest BCUT2D eigenvalue weighted by atomic mass is 16.5. The number of fused-ring (bicyclic) bond motifs is 1. The first-order chi connectivity index (χ1) is 18.7. The van der Waals surface area contributed by atoms with E-state index in [2.05, 4.69) is 0 Å². The largest absolute Gasteiger partial charge is 0.466 e. The fourth-order valence-corrected chi connectivity index (χ4v) is 5.95. The van der Waals surface area contributed by atoms with E-state index in [1.807, 2.05) is 35.2 Å². The zero-order valence-electron chi connectivity index (χ0n) is 22.5. The molecule has 1 heterocycles. The molecule has 0 radical (unpaired) electrons. The molecule has 5 rings (SSSR count). The van der Waals surface area contributed by atoms with Gasteiger partial charge in [-0.1, -0.05) is 43.2 Å². The molecule has 204 valence electrons. The lowest BCUT2D eigenvalue weighted by Crippen LogP contribution is -2.47. The predicted octanol–water partition coefficient (Wildman–Crippen LogP) is 3.52. The SMILES string of the molecule is CCOC(=O)CC(=O)N(C1CCCC1)C1(c2ccc3c(c2)nc(Cc2ccc(C(=N)N)cc2)c(=O)n3C)CC1. The van der Waals surface area contributed by atoms with E-state index in [4.69, 9.17) is 20.9 Å². The number of benzene rings is 2. The van der Waals surface area contributed by atoms with Gasteiger partial charge < -0.3 is 19.9 Å². The van der Waals surface area contributed by atoms with Crippen molar-refractivity contribution in [2.24, 2.45) is 12.8 Å². The molecule has 0 bridgehead atoms. The number of hydrogen-bond donors (Lipinski definition) is 2. The molecule has 9 nitrogen and oxygen atoms in total. The standard InChI is InChI=1S/C30H35N5O4/c1-3-39-27(37)18-26(36)35(22-6-4-5-7-22)30(14-15-30)21-12-13-25-23(17-21)33-24(29(38)34(25)2)16-19-8-10-20(11-9-19)28(31)32/h8-13,17,22H,3-7,14-16,18H2,1-2H3,(H3,31,32). The van der Waals surface area contributed by atoms with E-state index in [1.165, 1.54) is 0 Å². The molecule has 0 atom stereocenters. The first kappa shape index (κ1) is 26.6. The number of nitrogens with one attached hydrogen (secondary N) is 1. The first-order valence-corrected chi connectivity index (χ1v) is 13.6. The zero-order valence-corrected chi connectivity index (χ0v) is 22.5. The maximum Gasteiger partial charge on any atom is 0.315 e. The Morgan fingerprint density at radius 3 is 2.46 bits per heavy atom. The maximum absolute atomic E-state index is 13.5. The topological polar surface area (TPSA) is 131 Å². The number of amides is 1. The van der Waals surface area contributed by atoms with Crippen LogP contribution in [0, 0.1) is 5.41 Å². The molecule has 3 aromatic rings. The predicted molar refractivity (Wildman–Crippen MR) is 149 cm³/mol. The number of aryl methyl sites for hydroxylation is 1. The van der Waals surface area contributed by atoms with Gasteiger partial charge in [-0.2, -0.15) is 0 Å². The Labute approximate surface area is 227 Å². The lowest BCUT2D eigenvalue weighted by molar-refractivity contribution is -0.151. The molecule has 0 unspecified atom stereocenters. The molecule has 9 heteroatoms. The molecule has 0 spiro atoms. The number of esters is 1. The smallest absolute Gasteiger partial charge is 0.315 e. The molecule has 2 fully saturated rings. The van der Waals surface area contributed by atoms with E-state index >= 15 is 0 Å². The van der Waals surface area contributed by atoms with Crippen LogP contribution in [0.25, 0.3) is 11.0 Å². The van der Waals surface area contributed by atoms with Crippen LogP contribution in [-0.4, -0.2) is 44.8 Å². The van der Waals surface area contributed by atoms with Crippen molar-refractivity contribution < 1.29 is 14.3 Å². The van der Waals surface area contributed by atoms with Gasteiger partial charge in [0.1, 0.15) is 18.0 Å². The van der Waals surface area contributed by atoms with Crippen molar-refractivity contribution >= 4 is 28.7 Å². The third kappa shape index (κ3) is 5.17. The summed E-state index contributed by atoms with van der Waals surface area (Å²) in [4.78, 5) is 45.6. The van der Waals surface area contributed by atoms with Gasteiger partial charge in [-0.05, 0) is 55.9 Å². The highest BCUT2D eigenvalue weighted by molar-refractivity contribution is 5.95. The van der Waals surface area contributed by atoms with Crippen LogP contribution < -0.4 is 11.3 Å². The molecule has 2 aliphatic rings. The molecular weight excluding hydrogens is 494 g/mol. The van der Waals surface area contributed by atoms with Crippen molar-refractivity contribution in [3.8, 4) is 0 Å². The van der Waals surface area contributed by atoms with Crippen molar-refractivity contribution in [2.45, 2.75) is 69.9 Å². The Bertz CT molecular complexity index is 1480. The highest BCUT2D eigenvalue weighted by Gasteiger charge is 2.54. The van der Waals surface area contributed by atoms with Crippen LogP contribution in [-0.2, 0) is 33.3 Å². The number of rotatable bonds is 9. The summed E-state index contributed by atoms with van der Waals surface area (Å²) in [7, 11) is 1.75. The molecule has 0 aliphatic heterocycles. The fourth-order valence-electron chi connectivity index (χ4n) is 5.95. The molecule has 1 aromatic heterocycles. The first-order valence-electron chi connectivity index (χ1n) is 13.6. The van der Waals surface area contributed by atoms with Crippen molar-refractivity contribution in [3.63, 3.8) is 0 Å². The Balaban J connectivity index is 1.50. The Morgan fingerprint density at radius 1 is 1.15 bits per heavy atom. The molecule has 0 saturated heterocycles. The van der Waals surface area contributed by atoms with Gasteiger partial charge in [0.15, 0.2) is 0 Å². The van der Waals surface area contributed by atoms with E-state index in [-0.39, 0.29) is 36.4 Å². The van der Waals surface area contributed by atoms with Crippen LogP contribution in [0.3, 0.4) is 0 Å². The minimum Gasteiger partial charge on any atom is -0.466 e. The summed E-state index contributed by atoms with van der Waals surface area (Å²) in [6.07, 6.45) is 5.76. The van der Waals surface area contributed by atoms with Crippen LogP contribution in [0.4, 0.5) is 0 Å². The van der Waals surface area contributed by atoms with Gasteiger partial charge in [0.05, 0.1) is 23.2 Å². The number of nitrogens with two attached hydrogens (primary N) is 1. The number of carbonyl (C=O) groups is 2. The van der Waals surface area contributed by atoms with E-state index in [9.17, 15) is 14.4 Å². The highest BCUT2D eigenvalue weighted by Crippen LogP contribution is 2.54. The number of carbonyl (C=O) groups excluding carboxylic acids is 2. The van der Waals surface area contributed by atoms with E-state index in [1.54, 1.807) is 30.7 Å². The molecule has 1 amide bonds. The minimum absolute atomic E-state index is 0.00443. The summed E-state index contributed by atoms with van der Waals surface area (Å²) in [5, 5.41) is 7.58. The third-order valence-corrected chi connectivity index (χ3v) is 8.06. The summed E-state index contributed by atoms with van der Waals surface area (Å²) >= 11 is 0. The summed E-state index contributed by atoms with van der Waals surface area (Å²) < 4.78 is 6.70. The number of nitrogen functional groups attached to an aromatic ring is 1. The van der Waals surface area contributed by atoms with Crippen LogP contribution in [0.1, 0.15) is 74.3 Å². The Kier molecular flexibility index (Phi) is 7.25. The van der Waals surface area contributed by atoms with Gasteiger partial charge in [0, 0.05) is 25.1 Å². The van der Waals surface area contributed by atoms with Gasteiger partial charge in [0.25, 0.3) is 5.56 Å². The second-order valence-corrected chi connectivity index (χ2v) is 10.6. The number of amidine groups is 1. The van der Waals surface area contributed by atoms with Gasteiger partial charge in [-0.25, -0.2) is 4.98 Å². The monoisotopic (exact) mass is 529 g/mol. The number of nitrogens with zero attached hydrogens (tertiary/aromatic N) is 3. The van der Waals surface area contributed by atoms with Gasteiger partial charge in [0.2, 0.25) is 5.91 Å². The summed E-state index contributed by atoms with van der Waals surface area (Å²) in [5.74, 6) is -0.672. The van der Waals surface area contributed by atoms with E-state index in [0.29, 0.717) is 23.2 Å². The molecule has 3 N–H and O–H groups in total. The fraction of sp³-hybridized carbons (Fsp3) is 0.433. The lowest BCUT2D eigenvalue weighted by Gasteiger charge is -2.37. The molecular formula is C30H35N5O4. The lowest BCUT2D eigenvalue weighted by atomic mass is 9.98. The van der Waals surface area contributed by atoms with E-state index in [0.717, 1.165) is 55.2 Å². The summed E-state index contributed by atoms with van der Waals surface area (Å²) in [5.41, 5.74) is 9.29. The van der Waals surface area contributed by atoms with Crippen LogP contribution in [0.2, 0.25) is 0 Å².